The summed E-state index contributed by atoms with van der Waals surface area (Å²) in [6.07, 6.45) is 5.58. The normalized spacial score (nSPS) is 22.0. The molecule has 0 saturated heterocycles. The van der Waals surface area contributed by atoms with Crippen molar-refractivity contribution in [2.24, 2.45) is 11.3 Å². The van der Waals surface area contributed by atoms with E-state index in [0.717, 1.165) is 19.1 Å². The highest BCUT2D eigenvalue weighted by molar-refractivity contribution is 4.87. The first kappa shape index (κ1) is 10.0. The molecule has 0 amide bonds. The second-order valence-electron chi connectivity index (χ2n) is 4.36. The summed E-state index contributed by atoms with van der Waals surface area (Å²) in [4.78, 5) is 0. The molecule has 0 N–H and O–H groups in total. The molecule has 0 bridgehead atoms. The Bertz CT molecular complexity index is 123. The highest BCUT2D eigenvalue weighted by Gasteiger charge is 2.36. The first-order valence-electron chi connectivity index (χ1n) is 5.29. The number of hydrogen-bond donors (Lipinski definition) is 0. The topological polar surface area (TPSA) is 9.23 Å². The lowest BCUT2D eigenvalue weighted by molar-refractivity contribution is 0.0247. The molecule has 0 radical (unpaired) electrons. The van der Waals surface area contributed by atoms with E-state index in [1.807, 2.05) is 0 Å². The zero-order chi connectivity index (χ0) is 9.03. The van der Waals surface area contributed by atoms with E-state index < -0.39 is 0 Å². The van der Waals surface area contributed by atoms with Crippen LogP contribution in [0.25, 0.3) is 0 Å². The van der Waals surface area contributed by atoms with Crippen LogP contribution in [0.15, 0.2) is 0 Å². The Balaban J connectivity index is 2.47. The van der Waals surface area contributed by atoms with Gasteiger partial charge in [0.25, 0.3) is 0 Å². The van der Waals surface area contributed by atoms with Crippen molar-refractivity contribution in [3.8, 4) is 0 Å². The fraction of sp³-hybridized carbons (Fsp3) is 1.00. The van der Waals surface area contributed by atoms with Gasteiger partial charge in [-0.25, -0.2) is 0 Å². The monoisotopic (exact) mass is 170 g/mol. The van der Waals surface area contributed by atoms with Crippen molar-refractivity contribution in [3.63, 3.8) is 0 Å². The molecule has 1 aliphatic carbocycles. The van der Waals surface area contributed by atoms with Gasteiger partial charge in [-0.1, -0.05) is 26.7 Å². The first-order valence-corrected chi connectivity index (χ1v) is 5.29. The third-order valence-corrected chi connectivity index (χ3v) is 3.42. The Labute approximate surface area is 76.5 Å². The molecule has 12 heavy (non-hydrogen) atoms. The van der Waals surface area contributed by atoms with E-state index in [0.29, 0.717) is 5.41 Å². The molecule has 0 atom stereocenters. The van der Waals surface area contributed by atoms with Crippen molar-refractivity contribution in [1.82, 2.24) is 0 Å². The van der Waals surface area contributed by atoms with Gasteiger partial charge in [0, 0.05) is 6.61 Å². The van der Waals surface area contributed by atoms with Gasteiger partial charge in [0.1, 0.15) is 0 Å². The first-order chi connectivity index (χ1) is 5.71. The van der Waals surface area contributed by atoms with Crippen LogP contribution >= 0.6 is 0 Å². The summed E-state index contributed by atoms with van der Waals surface area (Å²) in [7, 11) is 0. The van der Waals surface area contributed by atoms with Crippen molar-refractivity contribution >= 4 is 0 Å². The van der Waals surface area contributed by atoms with Crippen LogP contribution in [0.4, 0.5) is 0 Å². The second kappa shape index (κ2) is 4.27. The smallest absolute Gasteiger partial charge is 0.0524 e. The summed E-state index contributed by atoms with van der Waals surface area (Å²) in [5.41, 5.74) is 0.524. The standard InChI is InChI=1S/C11H22O/c1-4-12-9-11(10(2)3)7-5-6-8-11/h10H,4-9H2,1-3H3. The summed E-state index contributed by atoms with van der Waals surface area (Å²) in [5.74, 6) is 0.784. The molecule has 1 saturated carbocycles. The molecule has 1 rings (SSSR count). The van der Waals surface area contributed by atoms with E-state index in [2.05, 4.69) is 20.8 Å². The van der Waals surface area contributed by atoms with Crippen LogP contribution < -0.4 is 0 Å². The highest BCUT2D eigenvalue weighted by Crippen LogP contribution is 2.44. The highest BCUT2D eigenvalue weighted by atomic mass is 16.5. The maximum absolute atomic E-state index is 5.58. The van der Waals surface area contributed by atoms with Crippen molar-refractivity contribution in [2.45, 2.75) is 46.5 Å². The molecule has 0 aromatic rings. The molecule has 1 heteroatoms. The maximum atomic E-state index is 5.58. The molecule has 0 spiro atoms. The molecule has 0 heterocycles. The Hall–Kier alpha value is -0.0400. The average molecular weight is 170 g/mol. The minimum atomic E-state index is 0.524. The minimum Gasteiger partial charge on any atom is -0.381 e. The van der Waals surface area contributed by atoms with Gasteiger partial charge in [0.05, 0.1) is 6.61 Å². The van der Waals surface area contributed by atoms with Crippen LogP contribution in [0.5, 0.6) is 0 Å². The van der Waals surface area contributed by atoms with Gasteiger partial charge in [-0.2, -0.15) is 0 Å². The van der Waals surface area contributed by atoms with E-state index in [4.69, 9.17) is 4.74 Å². The van der Waals surface area contributed by atoms with Crippen LogP contribution in [0.3, 0.4) is 0 Å². The van der Waals surface area contributed by atoms with Crippen molar-refractivity contribution in [1.29, 1.82) is 0 Å². The number of ether oxygens (including phenoxy) is 1. The third-order valence-electron chi connectivity index (χ3n) is 3.42. The summed E-state index contributed by atoms with van der Waals surface area (Å²) >= 11 is 0. The van der Waals surface area contributed by atoms with Gasteiger partial charge in [-0.15, -0.1) is 0 Å². The zero-order valence-electron chi connectivity index (χ0n) is 8.73. The Morgan fingerprint density at radius 3 is 2.25 bits per heavy atom. The number of rotatable bonds is 4. The molecule has 1 fully saturated rings. The SMILES string of the molecule is CCOCC1(C(C)C)CCCC1. The Morgan fingerprint density at radius 2 is 1.83 bits per heavy atom. The Kier molecular flexibility index (Phi) is 3.57. The fourth-order valence-electron chi connectivity index (χ4n) is 2.27. The molecular formula is C11H22O. The van der Waals surface area contributed by atoms with E-state index >= 15 is 0 Å². The molecule has 72 valence electrons. The van der Waals surface area contributed by atoms with Gasteiger partial charge >= 0.3 is 0 Å². The van der Waals surface area contributed by atoms with Crippen LogP contribution in [0, 0.1) is 11.3 Å². The average Bonchev–Trinajstić information content (AvgIpc) is 2.50. The zero-order valence-corrected chi connectivity index (χ0v) is 8.73. The predicted molar refractivity (Wildman–Crippen MR) is 52.2 cm³/mol. The van der Waals surface area contributed by atoms with Crippen LogP contribution in [0.1, 0.15) is 46.5 Å². The van der Waals surface area contributed by atoms with E-state index in [1.54, 1.807) is 0 Å². The third kappa shape index (κ3) is 2.01. The fourth-order valence-corrected chi connectivity index (χ4v) is 2.27. The molecule has 1 aliphatic rings. The molecule has 0 aliphatic heterocycles. The van der Waals surface area contributed by atoms with Gasteiger partial charge in [0.15, 0.2) is 0 Å². The van der Waals surface area contributed by atoms with E-state index in [-0.39, 0.29) is 0 Å². The number of hydrogen-bond acceptors (Lipinski definition) is 1. The van der Waals surface area contributed by atoms with Gasteiger partial charge in [0.2, 0.25) is 0 Å². The largest absolute Gasteiger partial charge is 0.381 e. The lowest BCUT2D eigenvalue weighted by Gasteiger charge is -2.32. The Morgan fingerprint density at radius 1 is 1.25 bits per heavy atom. The second-order valence-corrected chi connectivity index (χ2v) is 4.36. The van der Waals surface area contributed by atoms with Gasteiger partial charge in [-0.05, 0) is 31.1 Å². The van der Waals surface area contributed by atoms with Gasteiger partial charge < -0.3 is 4.74 Å². The molecule has 0 aromatic carbocycles. The van der Waals surface area contributed by atoms with E-state index in [1.165, 1.54) is 25.7 Å². The lowest BCUT2D eigenvalue weighted by Crippen LogP contribution is -2.29. The molecule has 1 nitrogen and oxygen atoms in total. The predicted octanol–water partition coefficient (Wildman–Crippen LogP) is 3.24. The summed E-state index contributed by atoms with van der Waals surface area (Å²) in [5, 5.41) is 0. The lowest BCUT2D eigenvalue weighted by atomic mass is 9.76. The van der Waals surface area contributed by atoms with E-state index in [9.17, 15) is 0 Å². The summed E-state index contributed by atoms with van der Waals surface area (Å²) in [6, 6.07) is 0. The summed E-state index contributed by atoms with van der Waals surface area (Å²) in [6.45, 7) is 8.62. The van der Waals surface area contributed by atoms with Crippen LogP contribution in [-0.2, 0) is 4.74 Å². The van der Waals surface area contributed by atoms with Crippen LogP contribution in [0.2, 0.25) is 0 Å². The summed E-state index contributed by atoms with van der Waals surface area (Å²) < 4.78 is 5.58. The van der Waals surface area contributed by atoms with Crippen molar-refractivity contribution in [2.75, 3.05) is 13.2 Å². The van der Waals surface area contributed by atoms with Gasteiger partial charge in [-0.3, -0.25) is 0 Å². The maximum Gasteiger partial charge on any atom is 0.0524 e. The van der Waals surface area contributed by atoms with Crippen molar-refractivity contribution in [3.05, 3.63) is 0 Å². The van der Waals surface area contributed by atoms with Crippen molar-refractivity contribution < 1.29 is 4.74 Å². The minimum absolute atomic E-state index is 0.524. The molecule has 0 aromatic heterocycles. The molecular weight excluding hydrogens is 148 g/mol. The quantitative estimate of drug-likeness (QED) is 0.629. The van der Waals surface area contributed by atoms with Crippen LogP contribution in [-0.4, -0.2) is 13.2 Å². The molecule has 0 unspecified atom stereocenters.